The summed E-state index contributed by atoms with van der Waals surface area (Å²) in [5.41, 5.74) is 0.128. The van der Waals surface area contributed by atoms with Gasteiger partial charge in [-0.05, 0) is 56.2 Å². The molecule has 0 spiro atoms. The molecule has 0 radical (unpaired) electrons. The van der Waals surface area contributed by atoms with Crippen LogP contribution in [0.15, 0.2) is 48.5 Å². The van der Waals surface area contributed by atoms with Gasteiger partial charge in [0.2, 0.25) is 5.79 Å². The van der Waals surface area contributed by atoms with Gasteiger partial charge in [-0.25, -0.2) is 0 Å². The molecule has 3 N–H and O–H groups in total. The number of aromatic hydroxyl groups is 2. The molecule has 1 aliphatic rings. The fraction of sp³-hybridized carbons (Fsp3) is 0.333. The topological polar surface area (TPSA) is 73.2 Å². The molecule has 3 rings (SSSR count). The molecule has 0 aromatic heterocycles. The number of phenolic OH excluding ortho intramolecular Hbond substituents is 2. The maximum Gasteiger partial charge on any atom is 0.209 e. The Hall–Kier alpha value is -2.04. The Kier molecular flexibility index (Phi) is 3.03. The number of ether oxygens (including phenoxy) is 1. The van der Waals surface area contributed by atoms with Gasteiger partial charge >= 0.3 is 0 Å². The van der Waals surface area contributed by atoms with Crippen LogP contribution in [0.5, 0.6) is 11.5 Å². The summed E-state index contributed by atoms with van der Waals surface area (Å²) in [6, 6.07) is 13.5. The van der Waals surface area contributed by atoms with Crippen molar-refractivity contribution in [2.75, 3.05) is 0 Å². The molecule has 1 atom stereocenters. The van der Waals surface area contributed by atoms with Crippen molar-refractivity contribution in [1.82, 2.24) is 0 Å². The van der Waals surface area contributed by atoms with E-state index in [0.29, 0.717) is 0 Å². The Labute approximate surface area is 129 Å². The second-order valence-corrected chi connectivity index (χ2v) is 6.48. The summed E-state index contributed by atoms with van der Waals surface area (Å²) < 4.78 is 5.66. The maximum absolute atomic E-state index is 11.1. The van der Waals surface area contributed by atoms with Crippen molar-refractivity contribution in [1.29, 1.82) is 0 Å². The molecule has 2 aromatic rings. The van der Waals surface area contributed by atoms with Crippen LogP contribution >= 0.6 is 0 Å². The first kappa shape index (κ1) is 14.9. The first-order chi connectivity index (χ1) is 10.2. The number of rotatable bonds is 3. The van der Waals surface area contributed by atoms with Crippen molar-refractivity contribution in [3.63, 3.8) is 0 Å². The standard InChI is InChI=1S/C18H20O4/c1-16(2)18(21,22-16)17(3,12-4-8-14(19)9-5-12)13-6-10-15(20)11-7-13/h4-11,19-21H,1-3H3. The average Bonchev–Trinajstić information content (AvgIpc) is 3.00. The number of hydrogen-bond acceptors (Lipinski definition) is 4. The van der Waals surface area contributed by atoms with E-state index in [-0.39, 0.29) is 11.5 Å². The molecule has 1 heterocycles. The van der Waals surface area contributed by atoms with Gasteiger partial charge in [-0.15, -0.1) is 0 Å². The van der Waals surface area contributed by atoms with Gasteiger partial charge in [-0.2, -0.15) is 0 Å². The third-order valence-corrected chi connectivity index (χ3v) is 4.74. The van der Waals surface area contributed by atoms with E-state index in [1.165, 1.54) is 0 Å². The van der Waals surface area contributed by atoms with Crippen LogP contribution in [0.2, 0.25) is 0 Å². The van der Waals surface area contributed by atoms with E-state index >= 15 is 0 Å². The molecule has 116 valence electrons. The first-order valence-electron chi connectivity index (χ1n) is 7.22. The van der Waals surface area contributed by atoms with Crippen LogP contribution in [0.25, 0.3) is 0 Å². The van der Waals surface area contributed by atoms with Crippen molar-refractivity contribution in [2.45, 2.75) is 37.6 Å². The SMILES string of the molecule is CC1(C)OC1(O)C(C)(c1ccc(O)cc1)c1ccc(O)cc1. The van der Waals surface area contributed by atoms with E-state index in [4.69, 9.17) is 4.74 Å². The molecule has 2 aromatic carbocycles. The number of hydrogen-bond donors (Lipinski definition) is 3. The second-order valence-electron chi connectivity index (χ2n) is 6.48. The highest BCUT2D eigenvalue weighted by atomic mass is 16.8. The summed E-state index contributed by atoms with van der Waals surface area (Å²) in [4.78, 5) is 0. The van der Waals surface area contributed by atoms with Gasteiger partial charge in [-0.3, -0.25) is 0 Å². The molecule has 4 heteroatoms. The monoisotopic (exact) mass is 300 g/mol. The van der Waals surface area contributed by atoms with Crippen molar-refractivity contribution in [3.8, 4) is 11.5 Å². The molecule has 0 aliphatic carbocycles. The number of benzene rings is 2. The fourth-order valence-electron chi connectivity index (χ4n) is 3.20. The molecule has 1 unspecified atom stereocenters. The van der Waals surface area contributed by atoms with E-state index in [1.54, 1.807) is 48.5 Å². The Morgan fingerprint density at radius 2 is 1.14 bits per heavy atom. The lowest BCUT2D eigenvalue weighted by Gasteiger charge is -2.35. The zero-order valence-corrected chi connectivity index (χ0v) is 12.9. The van der Waals surface area contributed by atoms with E-state index < -0.39 is 16.8 Å². The van der Waals surface area contributed by atoms with Crippen LogP contribution in [0.3, 0.4) is 0 Å². The predicted octanol–water partition coefficient (Wildman–Crippen LogP) is 2.90. The Bertz CT molecular complexity index is 643. The number of epoxide rings is 1. The molecule has 1 saturated heterocycles. The van der Waals surface area contributed by atoms with Gasteiger partial charge < -0.3 is 20.1 Å². The molecule has 0 saturated carbocycles. The maximum atomic E-state index is 11.1. The van der Waals surface area contributed by atoms with Gasteiger partial charge in [0.1, 0.15) is 17.1 Å². The molecule has 0 bridgehead atoms. The minimum atomic E-state index is -1.37. The Morgan fingerprint density at radius 3 is 1.41 bits per heavy atom. The summed E-state index contributed by atoms with van der Waals surface area (Å²) in [6.07, 6.45) is 0. The van der Waals surface area contributed by atoms with Gasteiger partial charge in [0, 0.05) is 0 Å². The van der Waals surface area contributed by atoms with Crippen molar-refractivity contribution in [2.24, 2.45) is 0 Å². The molecule has 1 aliphatic heterocycles. The highest BCUT2D eigenvalue weighted by molar-refractivity contribution is 5.47. The lowest BCUT2D eigenvalue weighted by Crippen LogP contribution is -2.45. The van der Waals surface area contributed by atoms with Crippen LogP contribution < -0.4 is 0 Å². The van der Waals surface area contributed by atoms with Gasteiger partial charge in [-0.1, -0.05) is 24.3 Å². The fourth-order valence-corrected chi connectivity index (χ4v) is 3.20. The third kappa shape index (κ3) is 1.91. The lowest BCUT2D eigenvalue weighted by molar-refractivity contribution is -0.0164. The minimum absolute atomic E-state index is 0.166. The highest BCUT2D eigenvalue weighted by Crippen LogP contribution is 2.59. The Balaban J connectivity index is 2.19. The summed E-state index contributed by atoms with van der Waals surface area (Å²) in [5, 5.41) is 30.1. The van der Waals surface area contributed by atoms with E-state index in [2.05, 4.69) is 0 Å². The van der Waals surface area contributed by atoms with Gasteiger partial charge in [0.15, 0.2) is 0 Å². The van der Waals surface area contributed by atoms with Crippen LogP contribution in [0.1, 0.15) is 31.9 Å². The van der Waals surface area contributed by atoms with Gasteiger partial charge in [0.25, 0.3) is 0 Å². The van der Waals surface area contributed by atoms with Crippen molar-refractivity contribution >= 4 is 0 Å². The van der Waals surface area contributed by atoms with E-state index in [1.807, 2.05) is 20.8 Å². The van der Waals surface area contributed by atoms with E-state index in [9.17, 15) is 15.3 Å². The molecule has 4 nitrogen and oxygen atoms in total. The number of phenols is 2. The average molecular weight is 300 g/mol. The summed E-state index contributed by atoms with van der Waals surface area (Å²) >= 11 is 0. The molecule has 0 amide bonds. The van der Waals surface area contributed by atoms with Gasteiger partial charge in [0.05, 0.1) is 5.41 Å². The van der Waals surface area contributed by atoms with Crippen molar-refractivity contribution in [3.05, 3.63) is 59.7 Å². The normalized spacial score (nSPS) is 23.3. The predicted molar refractivity (Wildman–Crippen MR) is 82.8 cm³/mol. The zero-order valence-electron chi connectivity index (χ0n) is 12.9. The molecule has 22 heavy (non-hydrogen) atoms. The summed E-state index contributed by atoms with van der Waals surface area (Å²) in [5.74, 6) is -1.03. The first-order valence-corrected chi connectivity index (χ1v) is 7.22. The molecular weight excluding hydrogens is 280 g/mol. The third-order valence-electron chi connectivity index (χ3n) is 4.74. The van der Waals surface area contributed by atoms with Crippen LogP contribution in [-0.4, -0.2) is 26.7 Å². The molecular formula is C18H20O4. The van der Waals surface area contributed by atoms with E-state index in [0.717, 1.165) is 11.1 Å². The van der Waals surface area contributed by atoms with Crippen LogP contribution in [0, 0.1) is 0 Å². The smallest absolute Gasteiger partial charge is 0.209 e. The zero-order chi connectivity index (χ0) is 16.2. The quantitative estimate of drug-likeness (QED) is 0.762. The lowest BCUT2D eigenvalue weighted by atomic mass is 9.68. The minimum Gasteiger partial charge on any atom is -0.508 e. The second kappa shape index (κ2) is 4.48. The number of aliphatic hydroxyl groups is 1. The van der Waals surface area contributed by atoms with Crippen molar-refractivity contribution < 1.29 is 20.1 Å². The highest BCUT2D eigenvalue weighted by Gasteiger charge is 2.73. The van der Waals surface area contributed by atoms with Crippen LogP contribution in [-0.2, 0) is 10.2 Å². The summed E-state index contributed by atoms with van der Waals surface area (Å²) in [7, 11) is 0. The van der Waals surface area contributed by atoms with Crippen LogP contribution in [0.4, 0.5) is 0 Å². The largest absolute Gasteiger partial charge is 0.508 e. The summed E-state index contributed by atoms with van der Waals surface area (Å²) in [6.45, 7) is 5.58. The molecule has 1 fully saturated rings. The Morgan fingerprint density at radius 1 is 0.818 bits per heavy atom.